The third-order valence-electron chi connectivity index (χ3n) is 5.97. The lowest BCUT2D eigenvalue weighted by Crippen LogP contribution is -2.33. The van der Waals surface area contributed by atoms with Gasteiger partial charge in [-0.05, 0) is 37.0 Å². The van der Waals surface area contributed by atoms with E-state index in [-0.39, 0.29) is 17.3 Å². The van der Waals surface area contributed by atoms with E-state index in [9.17, 15) is 14.4 Å². The fourth-order valence-electron chi connectivity index (χ4n) is 4.78. The first kappa shape index (κ1) is 17.5. The number of allylic oxidation sites excluding steroid dienone is 4. The molecule has 0 amide bonds. The van der Waals surface area contributed by atoms with Crippen molar-refractivity contribution in [2.45, 2.75) is 31.6 Å². The summed E-state index contributed by atoms with van der Waals surface area (Å²) in [5, 5.41) is 0. The van der Waals surface area contributed by atoms with Crippen molar-refractivity contribution in [3.05, 3.63) is 92.0 Å². The van der Waals surface area contributed by atoms with E-state index in [1.807, 2.05) is 24.3 Å². The van der Waals surface area contributed by atoms with Gasteiger partial charge in [-0.25, -0.2) is 0 Å². The Kier molecular flexibility index (Phi) is 4.06. The minimum atomic E-state index is -0.464. The molecule has 0 heterocycles. The molecule has 0 saturated heterocycles. The number of carbonyl (C=O) groups is 3. The number of rotatable bonds is 1. The Hall–Kier alpha value is -2.59. The van der Waals surface area contributed by atoms with E-state index >= 15 is 0 Å². The predicted molar refractivity (Wildman–Crippen MR) is 110 cm³/mol. The predicted octanol–water partition coefficient (Wildman–Crippen LogP) is 5.36. The number of carbonyl (C=O) groups excluding carboxylic acids is 3. The normalized spacial score (nSPS) is 21.5. The number of Topliss-reactive ketones (excluding diaryl/α,β-unsaturated/α-hetero) is 3. The van der Waals surface area contributed by atoms with Gasteiger partial charge in [0.1, 0.15) is 0 Å². The highest BCUT2D eigenvalue weighted by atomic mass is 79.9. The number of benzene rings is 2. The molecular weight excluding hydrogens is 416 g/mol. The summed E-state index contributed by atoms with van der Waals surface area (Å²) in [6, 6.07) is 14.7. The summed E-state index contributed by atoms with van der Waals surface area (Å²) in [6.45, 7) is 0. The van der Waals surface area contributed by atoms with Crippen LogP contribution in [0.4, 0.5) is 0 Å². The summed E-state index contributed by atoms with van der Waals surface area (Å²) in [5.41, 5.74) is 4.64. The van der Waals surface area contributed by atoms with Gasteiger partial charge in [-0.3, -0.25) is 14.4 Å². The summed E-state index contributed by atoms with van der Waals surface area (Å²) in [5.74, 6) is -0.555. The van der Waals surface area contributed by atoms with Gasteiger partial charge in [0.15, 0.2) is 17.3 Å². The third-order valence-corrected chi connectivity index (χ3v) is 6.47. The van der Waals surface area contributed by atoms with Crippen molar-refractivity contribution in [2.75, 3.05) is 0 Å². The van der Waals surface area contributed by atoms with Crippen LogP contribution in [0.5, 0.6) is 0 Å². The second-order valence-electron chi connectivity index (χ2n) is 7.55. The second-order valence-corrected chi connectivity index (χ2v) is 8.47. The van der Waals surface area contributed by atoms with Gasteiger partial charge in [0.2, 0.25) is 0 Å². The summed E-state index contributed by atoms with van der Waals surface area (Å²) in [4.78, 5) is 39.7. The van der Waals surface area contributed by atoms with Gasteiger partial charge < -0.3 is 0 Å². The maximum Gasteiger partial charge on any atom is 0.191 e. The summed E-state index contributed by atoms with van der Waals surface area (Å²) < 4.78 is 0.887. The van der Waals surface area contributed by atoms with Crippen LogP contribution in [-0.4, -0.2) is 17.3 Å². The Labute approximate surface area is 171 Å². The van der Waals surface area contributed by atoms with Crippen molar-refractivity contribution >= 4 is 33.3 Å². The molecule has 0 aromatic heterocycles. The van der Waals surface area contributed by atoms with E-state index in [0.717, 1.165) is 34.0 Å². The Morgan fingerprint density at radius 1 is 0.821 bits per heavy atom. The first-order chi connectivity index (χ1) is 13.6. The monoisotopic (exact) mass is 432 g/mol. The molecule has 28 heavy (non-hydrogen) atoms. The van der Waals surface area contributed by atoms with Crippen LogP contribution in [0.15, 0.2) is 75.3 Å². The molecule has 2 aromatic rings. The van der Waals surface area contributed by atoms with E-state index < -0.39 is 5.92 Å². The first-order valence-corrected chi connectivity index (χ1v) is 10.3. The van der Waals surface area contributed by atoms with Crippen molar-refractivity contribution in [2.24, 2.45) is 0 Å². The van der Waals surface area contributed by atoms with E-state index in [2.05, 4.69) is 15.9 Å². The molecule has 3 aliphatic carbocycles. The average Bonchev–Trinajstić information content (AvgIpc) is 2.71. The molecule has 138 valence electrons. The molecule has 0 N–H and O–H groups in total. The molecule has 0 fully saturated rings. The molecule has 0 radical (unpaired) electrons. The highest BCUT2D eigenvalue weighted by molar-refractivity contribution is 9.10. The molecule has 4 heteroatoms. The molecular formula is C24H17BrO3. The maximum absolute atomic E-state index is 13.5. The molecule has 3 aliphatic rings. The van der Waals surface area contributed by atoms with Gasteiger partial charge in [0.05, 0.1) is 0 Å². The van der Waals surface area contributed by atoms with Crippen molar-refractivity contribution in [3.8, 4) is 0 Å². The Bertz CT molecular complexity index is 1140. The number of hydrogen-bond acceptors (Lipinski definition) is 3. The summed E-state index contributed by atoms with van der Waals surface area (Å²) in [7, 11) is 0. The standard InChI is InChI=1S/C24H17BrO3/c25-15-7-3-5-13(11-15)21-20-14(6-4-10-19(20)26)12-18-22(21)24(28)17-9-2-1-8-16(17)23(18)27/h1-3,5,7-9,11,21H,4,6,10,12H2. The van der Waals surface area contributed by atoms with Gasteiger partial charge in [-0.2, -0.15) is 0 Å². The third kappa shape index (κ3) is 2.51. The largest absolute Gasteiger partial charge is 0.295 e. The number of halogens is 1. The van der Waals surface area contributed by atoms with Gasteiger partial charge in [-0.15, -0.1) is 0 Å². The van der Waals surface area contributed by atoms with Gasteiger partial charge in [0, 0.05) is 44.7 Å². The van der Waals surface area contributed by atoms with Crippen molar-refractivity contribution in [1.29, 1.82) is 0 Å². The first-order valence-electron chi connectivity index (χ1n) is 9.48. The fourth-order valence-corrected chi connectivity index (χ4v) is 5.20. The zero-order chi connectivity index (χ0) is 19.4. The summed E-state index contributed by atoms with van der Waals surface area (Å²) in [6.07, 6.45) is 2.54. The average molecular weight is 433 g/mol. The second kappa shape index (κ2) is 6.49. The minimum absolute atomic E-state index is 0.0743. The van der Waals surface area contributed by atoms with E-state index in [0.29, 0.717) is 35.1 Å². The Morgan fingerprint density at radius 2 is 1.57 bits per heavy atom. The van der Waals surface area contributed by atoms with E-state index in [1.165, 1.54) is 0 Å². The zero-order valence-electron chi connectivity index (χ0n) is 15.1. The summed E-state index contributed by atoms with van der Waals surface area (Å²) >= 11 is 3.50. The van der Waals surface area contributed by atoms with Crippen LogP contribution in [-0.2, 0) is 4.79 Å². The van der Waals surface area contributed by atoms with E-state index in [1.54, 1.807) is 24.3 Å². The fraction of sp³-hybridized carbons (Fsp3) is 0.208. The molecule has 0 saturated carbocycles. The van der Waals surface area contributed by atoms with Gasteiger partial charge >= 0.3 is 0 Å². The van der Waals surface area contributed by atoms with E-state index in [4.69, 9.17) is 0 Å². The number of ketones is 3. The highest BCUT2D eigenvalue weighted by Gasteiger charge is 2.43. The highest BCUT2D eigenvalue weighted by Crippen LogP contribution is 2.49. The van der Waals surface area contributed by atoms with Crippen LogP contribution >= 0.6 is 15.9 Å². The molecule has 5 rings (SSSR count). The quantitative estimate of drug-likeness (QED) is 0.608. The van der Waals surface area contributed by atoms with Crippen molar-refractivity contribution in [3.63, 3.8) is 0 Å². The molecule has 0 bridgehead atoms. The molecule has 1 unspecified atom stereocenters. The SMILES string of the molecule is O=C1CCCC2=C1C(c1cccc(Br)c1)C1=C(C2)C(=O)c2ccccc2C1=O. The van der Waals surface area contributed by atoms with Gasteiger partial charge in [0.25, 0.3) is 0 Å². The number of hydrogen-bond donors (Lipinski definition) is 0. The van der Waals surface area contributed by atoms with Crippen LogP contribution in [0.3, 0.4) is 0 Å². The molecule has 0 aliphatic heterocycles. The molecule has 2 aromatic carbocycles. The number of fused-ring (bicyclic) bond motifs is 1. The van der Waals surface area contributed by atoms with Crippen LogP contribution < -0.4 is 0 Å². The topological polar surface area (TPSA) is 51.2 Å². The maximum atomic E-state index is 13.5. The lowest BCUT2D eigenvalue weighted by Gasteiger charge is -2.36. The van der Waals surface area contributed by atoms with Crippen LogP contribution in [0.1, 0.15) is 57.9 Å². The Balaban J connectivity index is 1.78. The molecule has 3 nitrogen and oxygen atoms in total. The lowest BCUT2D eigenvalue weighted by atomic mass is 9.65. The van der Waals surface area contributed by atoms with Gasteiger partial charge in [-0.1, -0.05) is 57.9 Å². The lowest BCUT2D eigenvalue weighted by molar-refractivity contribution is -0.116. The van der Waals surface area contributed by atoms with Crippen LogP contribution in [0.2, 0.25) is 0 Å². The van der Waals surface area contributed by atoms with Crippen molar-refractivity contribution < 1.29 is 14.4 Å². The zero-order valence-corrected chi connectivity index (χ0v) is 16.7. The smallest absolute Gasteiger partial charge is 0.191 e. The molecule has 0 spiro atoms. The molecule has 1 atom stereocenters. The van der Waals surface area contributed by atoms with Crippen molar-refractivity contribution in [1.82, 2.24) is 0 Å². The minimum Gasteiger partial charge on any atom is -0.295 e. The van der Waals surface area contributed by atoms with Crippen LogP contribution in [0.25, 0.3) is 0 Å². The Morgan fingerprint density at radius 3 is 2.32 bits per heavy atom. The van der Waals surface area contributed by atoms with Crippen LogP contribution in [0, 0.1) is 0 Å².